The molecule has 9 nitrogen and oxygen atoms in total. The van der Waals surface area contributed by atoms with Crippen molar-refractivity contribution in [2.24, 2.45) is 5.92 Å². The Morgan fingerprint density at radius 1 is 1.44 bits per heavy atom. The lowest BCUT2D eigenvalue weighted by molar-refractivity contribution is -0.145. The standard InChI is InChI=1S/C22H37N5O4S/c1-6-15(2)19(27(16(3)28)20-12-23-14-24-20)13-26-10-7-8-18(26)21(29)25-17(9-11-32-5)22(30)31-4/h12,14-15,17-19H,6-11,13H2,1-5H3,(H,23,24)(H,25,29). The first-order valence-corrected chi connectivity index (χ1v) is 12.6. The highest BCUT2D eigenvalue weighted by molar-refractivity contribution is 7.98. The van der Waals surface area contributed by atoms with Crippen molar-refractivity contribution in [2.75, 3.05) is 37.1 Å². The zero-order chi connectivity index (χ0) is 23.7. The summed E-state index contributed by atoms with van der Waals surface area (Å²) in [6.45, 7) is 7.12. The Bertz CT molecular complexity index is 745. The van der Waals surface area contributed by atoms with Gasteiger partial charge in [-0.2, -0.15) is 11.8 Å². The third kappa shape index (κ3) is 6.71. The molecule has 0 bridgehead atoms. The van der Waals surface area contributed by atoms with Crippen molar-refractivity contribution in [3.8, 4) is 0 Å². The van der Waals surface area contributed by atoms with Gasteiger partial charge in [0.15, 0.2) is 0 Å². The van der Waals surface area contributed by atoms with Gasteiger partial charge in [0.25, 0.3) is 0 Å². The molecule has 1 aromatic rings. The predicted octanol–water partition coefficient (Wildman–Crippen LogP) is 2.05. The van der Waals surface area contributed by atoms with Gasteiger partial charge in [-0.05, 0) is 43.7 Å². The fourth-order valence-electron chi connectivity index (χ4n) is 4.23. The second kappa shape index (κ2) is 12.8. The summed E-state index contributed by atoms with van der Waals surface area (Å²) in [6, 6.07) is -1.09. The molecule has 0 saturated carbocycles. The zero-order valence-electron chi connectivity index (χ0n) is 19.8. The Balaban J connectivity index is 2.17. The van der Waals surface area contributed by atoms with Gasteiger partial charge in [0.1, 0.15) is 11.9 Å². The van der Waals surface area contributed by atoms with Crippen molar-refractivity contribution in [3.05, 3.63) is 12.5 Å². The van der Waals surface area contributed by atoms with Gasteiger partial charge in [-0.1, -0.05) is 20.3 Å². The van der Waals surface area contributed by atoms with Gasteiger partial charge in [0.05, 0.1) is 31.7 Å². The first kappa shape index (κ1) is 26.2. The number of aromatic nitrogens is 2. The second-order valence-corrected chi connectivity index (χ2v) is 9.28. The van der Waals surface area contributed by atoms with E-state index in [1.54, 1.807) is 36.1 Å². The van der Waals surface area contributed by atoms with Crippen LogP contribution in [-0.4, -0.2) is 83.0 Å². The molecule has 1 saturated heterocycles. The van der Waals surface area contributed by atoms with Gasteiger partial charge in [0, 0.05) is 13.5 Å². The first-order valence-electron chi connectivity index (χ1n) is 11.2. The number of hydrogen-bond donors (Lipinski definition) is 2. The summed E-state index contributed by atoms with van der Waals surface area (Å²) in [7, 11) is 1.34. The SMILES string of the molecule is CCC(C)C(CN1CCCC1C(=O)NC(CCSC)C(=O)OC)N(C(C)=O)c1cnc[nH]1. The largest absolute Gasteiger partial charge is 0.467 e. The Kier molecular flexibility index (Phi) is 10.5. The van der Waals surface area contributed by atoms with Gasteiger partial charge >= 0.3 is 5.97 Å². The fourth-order valence-corrected chi connectivity index (χ4v) is 4.70. The van der Waals surface area contributed by atoms with Crippen molar-refractivity contribution in [1.82, 2.24) is 20.2 Å². The number of H-pyrrole nitrogens is 1. The van der Waals surface area contributed by atoms with Crippen LogP contribution in [-0.2, 0) is 19.1 Å². The third-order valence-corrected chi connectivity index (χ3v) is 6.86. The molecule has 4 atom stereocenters. The van der Waals surface area contributed by atoms with Crippen LogP contribution in [0.1, 0.15) is 46.5 Å². The van der Waals surface area contributed by atoms with Gasteiger partial charge in [-0.15, -0.1) is 0 Å². The molecule has 10 heteroatoms. The molecular formula is C22H37N5O4S. The van der Waals surface area contributed by atoms with Crippen LogP contribution < -0.4 is 10.2 Å². The molecule has 0 aromatic carbocycles. The minimum atomic E-state index is -0.647. The van der Waals surface area contributed by atoms with E-state index in [-0.39, 0.29) is 29.8 Å². The summed E-state index contributed by atoms with van der Waals surface area (Å²) in [5.41, 5.74) is 0. The Morgan fingerprint density at radius 2 is 2.19 bits per heavy atom. The lowest BCUT2D eigenvalue weighted by Crippen LogP contribution is -2.55. The molecule has 32 heavy (non-hydrogen) atoms. The quantitative estimate of drug-likeness (QED) is 0.453. The molecule has 0 spiro atoms. The van der Waals surface area contributed by atoms with Crippen LogP contribution in [0.3, 0.4) is 0 Å². The normalized spacial score (nSPS) is 19.2. The molecule has 1 aromatic heterocycles. The van der Waals surface area contributed by atoms with Crippen molar-refractivity contribution < 1.29 is 19.1 Å². The number of methoxy groups -OCH3 is 1. The molecule has 2 rings (SSSR count). The van der Waals surface area contributed by atoms with Crippen molar-refractivity contribution in [1.29, 1.82) is 0 Å². The molecule has 0 radical (unpaired) electrons. The predicted molar refractivity (Wildman–Crippen MR) is 127 cm³/mol. The van der Waals surface area contributed by atoms with E-state index in [2.05, 4.69) is 34.0 Å². The topological polar surface area (TPSA) is 108 Å². The molecule has 2 amide bonds. The lowest BCUT2D eigenvalue weighted by atomic mass is 9.96. The average Bonchev–Trinajstić information content (AvgIpc) is 3.47. The van der Waals surface area contributed by atoms with E-state index >= 15 is 0 Å². The maximum Gasteiger partial charge on any atom is 0.328 e. The molecule has 2 N–H and O–H groups in total. The number of carbonyl (C=O) groups is 3. The van der Waals surface area contributed by atoms with Crippen LogP contribution in [0.4, 0.5) is 5.82 Å². The van der Waals surface area contributed by atoms with E-state index in [4.69, 9.17) is 4.74 Å². The summed E-state index contributed by atoms with van der Waals surface area (Å²) >= 11 is 1.62. The molecule has 4 unspecified atom stereocenters. The van der Waals surface area contributed by atoms with Crippen LogP contribution >= 0.6 is 11.8 Å². The molecule has 0 aliphatic carbocycles. The molecule has 180 valence electrons. The van der Waals surface area contributed by atoms with E-state index in [9.17, 15) is 14.4 Å². The van der Waals surface area contributed by atoms with E-state index < -0.39 is 12.0 Å². The van der Waals surface area contributed by atoms with Crippen LogP contribution in [0, 0.1) is 5.92 Å². The number of carbonyl (C=O) groups excluding carboxylic acids is 3. The van der Waals surface area contributed by atoms with Crippen LogP contribution in [0.15, 0.2) is 12.5 Å². The summed E-state index contributed by atoms with van der Waals surface area (Å²) in [6.07, 6.45) is 8.21. The van der Waals surface area contributed by atoms with Crippen LogP contribution in [0.2, 0.25) is 0 Å². The second-order valence-electron chi connectivity index (χ2n) is 8.30. The molecule has 1 aliphatic heterocycles. The number of anilines is 1. The molecule has 1 fully saturated rings. The first-order chi connectivity index (χ1) is 15.3. The van der Waals surface area contributed by atoms with Crippen LogP contribution in [0.5, 0.6) is 0 Å². The average molecular weight is 468 g/mol. The summed E-state index contributed by atoms with van der Waals surface area (Å²) in [5, 5.41) is 2.91. The fraction of sp³-hybridized carbons (Fsp3) is 0.727. The van der Waals surface area contributed by atoms with Gasteiger partial charge in [-0.3, -0.25) is 19.4 Å². The van der Waals surface area contributed by atoms with Crippen molar-refractivity contribution in [3.63, 3.8) is 0 Å². The maximum absolute atomic E-state index is 13.1. The highest BCUT2D eigenvalue weighted by Crippen LogP contribution is 2.26. The Hall–Kier alpha value is -2.07. The van der Waals surface area contributed by atoms with E-state index in [1.807, 2.05) is 6.26 Å². The number of likely N-dealkylation sites (tertiary alicyclic amines) is 1. The Labute approximate surface area is 195 Å². The number of nitrogens with zero attached hydrogens (tertiary/aromatic N) is 3. The molecular weight excluding hydrogens is 430 g/mol. The van der Waals surface area contributed by atoms with Crippen molar-refractivity contribution >= 4 is 35.4 Å². The number of ether oxygens (including phenoxy) is 1. The number of esters is 1. The van der Waals surface area contributed by atoms with Crippen molar-refractivity contribution in [2.45, 2.75) is 64.6 Å². The number of hydrogen-bond acceptors (Lipinski definition) is 7. The van der Waals surface area contributed by atoms with Crippen LogP contribution in [0.25, 0.3) is 0 Å². The van der Waals surface area contributed by atoms with Gasteiger partial charge in [0.2, 0.25) is 11.8 Å². The zero-order valence-corrected chi connectivity index (χ0v) is 20.6. The van der Waals surface area contributed by atoms with Gasteiger partial charge in [-0.25, -0.2) is 9.78 Å². The Morgan fingerprint density at radius 3 is 2.75 bits per heavy atom. The maximum atomic E-state index is 13.1. The highest BCUT2D eigenvalue weighted by atomic mass is 32.2. The summed E-state index contributed by atoms with van der Waals surface area (Å²) in [5.74, 6) is 0.987. The smallest absolute Gasteiger partial charge is 0.328 e. The minimum absolute atomic E-state index is 0.0671. The lowest BCUT2D eigenvalue weighted by Gasteiger charge is -2.38. The third-order valence-electron chi connectivity index (χ3n) is 6.22. The number of nitrogens with one attached hydrogen (secondary N) is 2. The minimum Gasteiger partial charge on any atom is -0.467 e. The van der Waals surface area contributed by atoms with E-state index in [0.29, 0.717) is 18.8 Å². The number of aromatic amines is 1. The summed E-state index contributed by atoms with van der Waals surface area (Å²) < 4.78 is 4.88. The number of rotatable bonds is 12. The molecule has 2 heterocycles. The highest BCUT2D eigenvalue weighted by Gasteiger charge is 2.37. The van der Waals surface area contributed by atoms with Gasteiger partial charge < -0.3 is 15.0 Å². The van der Waals surface area contributed by atoms with E-state index in [1.165, 1.54) is 7.11 Å². The molecule has 1 aliphatic rings. The number of imidazole rings is 1. The number of amides is 2. The number of thioether (sulfide) groups is 1. The summed E-state index contributed by atoms with van der Waals surface area (Å²) in [4.78, 5) is 48.9. The monoisotopic (exact) mass is 467 g/mol. The van der Waals surface area contributed by atoms with E-state index in [0.717, 1.165) is 31.6 Å².